The largest absolute Gasteiger partial charge is 0.371 e. The summed E-state index contributed by atoms with van der Waals surface area (Å²) >= 11 is 3.25. The van der Waals surface area contributed by atoms with E-state index in [4.69, 9.17) is 9.47 Å². The van der Waals surface area contributed by atoms with Gasteiger partial charge in [-0.15, -0.1) is 0 Å². The molecular formula is C5H9BrO2. The summed E-state index contributed by atoms with van der Waals surface area (Å²) in [5, 5.41) is 0.159. The van der Waals surface area contributed by atoms with E-state index in [1.54, 1.807) is 0 Å². The highest BCUT2D eigenvalue weighted by molar-refractivity contribution is 9.09. The third-order valence-corrected chi connectivity index (χ3v) is 1.18. The molecule has 48 valence electrons. The van der Waals surface area contributed by atoms with Gasteiger partial charge in [-0.05, 0) is 6.92 Å². The molecule has 0 spiro atoms. The van der Waals surface area contributed by atoms with E-state index >= 15 is 0 Å². The lowest BCUT2D eigenvalue weighted by atomic mass is 10.5. The second kappa shape index (κ2) is 2.80. The standard InChI is InChI=1S/C5H9BrO2/c1-4(6)7-2-5-3-8-5/h4-5H,2-3H2,1H3. The van der Waals surface area contributed by atoms with Gasteiger partial charge < -0.3 is 9.47 Å². The van der Waals surface area contributed by atoms with E-state index in [-0.39, 0.29) is 5.01 Å². The van der Waals surface area contributed by atoms with Crippen LogP contribution in [0.3, 0.4) is 0 Å². The lowest BCUT2D eigenvalue weighted by molar-refractivity contribution is 0.111. The third-order valence-electron chi connectivity index (χ3n) is 0.914. The highest BCUT2D eigenvalue weighted by atomic mass is 79.9. The maximum absolute atomic E-state index is 5.16. The highest BCUT2D eigenvalue weighted by Crippen LogP contribution is 2.11. The zero-order chi connectivity index (χ0) is 5.98. The van der Waals surface area contributed by atoms with Crippen LogP contribution in [0.25, 0.3) is 0 Å². The van der Waals surface area contributed by atoms with Crippen LogP contribution >= 0.6 is 15.9 Å². The van der Waals surface area contributed by atoms with Gasteiger partial charge in [-0.3, -0.25) is 0 Å². The maximum Gasteiger partial charge on any atom is 0.109 e. The summed E-state index contributed by atoms with van der Waals surface area (Å²) in [4.78, 5) is 0. The molecule has 0 bridgehead atoms. The van der Waals surface area contributed by atoms with Gasteiger partial charge in [-0.1, -0.05) is 15.9 Å². The number of rotatable bonds is 3. The summed E-state index contributed by atoms with van der Waals surface area (Å²) in [5.74, 6) is 0. The van der Waals surface area contributed by atoms with Crippen LogP contribution < -0.4 is 0 Å². The van der Waals surface area contributed by atoms with Gasteiger partial charge in [0.15, 0.2) is 0 Å². The average molecular weight is 181 g/mol. The second-order valence-electron chi connectivity index (χ2n) is 1.83. The summed E-state index contributed by atoms with van der Waals surface area (Å²) < 4.78 is 10.1. The Balaban J connectivity index is 1.87. The summed E-state index contributed by atoms with van der Waals surface area (Å²) in [5.41, 5.74) is 0. The van der Waals surface area contributed by atoms with Crippen LogP contribution in [0.2, 0.25) is 0 Å². The summed E-state index contributed by atoms with van der Waals surface area (Å²) in [6, 6.07) is 0. The van der Waals surface area contributed by atoms with Crippen molar-refractivity contribution in [3.05, 3.63) is 0 Å². The minimum atomic E-state index is 0.159. The Labute approximate surface area is 57.3 Å². The fourth-order valence-corrected chi connectivity index (χ4v) is 0.557. The summed E-state index contributed by atoms with van der Waals surface area (Å²) in [6.45, 7) is 3.55. The van der Waals surface area contributed by atoms with Gasteiger partial charge in [0, 0.05) is 0 Å². The van der Waals surface area contributed by atoms with Gasteiger partial charge in [-0.25, -0.2) is 0 Å². The molecule has 1 aliphatic heterocycles. The lowest BCUT2D eigenvalue weighted by Gasteiger charge is -2.01. The fraction of sp³-hybridized carbons (Fsp3) is 1.00. The predicted molar refractivity (Wildman–Crippen MR) is 34.1 cm³/mol. The minimum Gasteiger partial charge on any atom is -0.371 e. The number of epoxide rings is 1. The van der Waals surface area contributed by atoms with Crippen molar-refractivity contribution in [2.75, 3.05) is 13.2 Å². The SMILES string of the molecule is CC(Br)OCC1CO1. The first-order chi connectivity index (χ1) is 3.79. The monoisotopic (exact) mass is 180 g/mol. The van der Waals surface area contributed by atoms with E-state index in [1.807, 2.05) is 6.92 Å². The molecule has 1 fully saturated rings. The molecule has 0 amide bonds. The first kappa shape index (κ1) is 6.52. The van der Waals surface area contributed by atoms with E-state index in [9.17, 15) is 0 Å². The second-order valence-corrected chi connectivity index (χ2v) is 3.12. The molecule has 1 heterocycles. The number of hydrogen-bond acceptors (Lipinski definition) is 2. The lowest BCUT2D eigenvalue weighted by Crippen LogP contribution is -2.05. The van der Waals surface area contributed by atoms with Gasteiger partial charge in [0.2, 0.25) is 0 Å². The van der Waals surface area contributed by atoms with Crippen molar-refractivity contribution in [1.82, 2.24) is 0 Å². The van der Waals surface area contributed by atoms with Gasteiger partial charge >= 0.3 is 0 Å². The van der Waals surface area contributed by atoms with Crippen molar-refractivity contribution >= 4 is 15.9 Å². The van der Waals surface area contributed by atoms with Gasteiger partial charge in [0.25, 0.3) is 0 Å². The number of halogens is 1. The van der Waals surface area contributed by atoms with E-state index in [0.717, 1.165) is 13.2 Å². The smallest absolute Gasteiger partial charge is 0.109 e. The molecule has 0 N–H and O–H groups in total. The molecule has 1 aliphatic rings. The molecule has 0 aromatic rings. The van der Waals surface area contributed by atoms with Gasteiger partial charge in [-0.2, -0.15) is 0 Å². The summed E-state index contributed by atoms with van der Waals surface area (Å²) in [7, 11) is 0. The Kier molecular flexibility index (Phi) is 2.28. The molecule has 0 saturated carbocycles. The Morgan fingerprint density at radius 2 is 2.62 bits per heavy atom. The quantitative estimate of drug-likeness (QED) is 0.481. The average Bonchev–Trinajstić information content (AvgIpc) is 2.41. The molecule has 2 unspecified atom stereocenters. The van der Waals surface area contributed by atoms with E-state index < -0.39 is 0 Å². The van der Waals surface area contributed by atoms with Crippen LogP contribution in [0.5, 0.6) is 0 Å². The number of hydrogen-bond donors (Lipinski definition) is 0. The topological polar surface area (TPSA) is 21.8 Å². The summed E-state index contributed by atoms with van der Waals surface area (Å²) in [6.07, 6.45) is 0.384. The normalized spacial score (nSPS) is 30.0. The van der Waals surface area contributed by atoms with Crippen molar-refractivity contribution in [1.29, 1.82) is 0 Å². The van der Waals surface area contributed by atoms with Crippen molar-refractivity contribution in [3.63, 3.8) is 0 Å². The van der Waals surface area contributed by atoms with Crippen molar-refractivity contribution in [2.24, 2.45) is 0 Å². The molecule has 2 nitrogen and oxygen atoms in total. The Bertz CT molecular complexity index is 68.8. The molecule has 0 aromatic carbocycles. The Morgan fingerprint density at radius 1 is 2.00 bits per heavy atom. The Morgan fingerprint density at radius 3 is 3.00 bits per heavy atom. The first-order valence-electron chi connectivity index (χ1n) is 2.66. The van der Waals surface area contributed by atoms with E-state index in [2.05, 4.69) is 15.9 Å². The van der Waals surface area contributed by atoms with Crippen molar-refractivity contribution < 1.29 is 9.47 Å². The minimum absolute atomic E-state index is 0.159. The van der Waals surface area contributed by atoms with Gasteiger partial charge in [0.05, 0.1) is 13.2 Å². The maximum atomic E-state index is 5.16. The zero-order valence-corrected chi connectivity index (χ0v) is 6.35. The van der Waals surface area contributed by atoms with Crippen LogP contribution in [0.4, 0.5) is 0 Å². The van der Waals surface area contributed by atoms with Crippen molar-refractivity contribution in [3.8, 4) is 0 Å². The van der Waals surface area contributed by atoms with Crippen LogP contribution in [0.15, 0.2) is 0 Å². The van der Waals surface area contributed by atoms with Crippen LogP contribution in [-0.2, 0) is 9.47 Å². The number of alkyl halides is 1. The van der Waals surface area contributed by atoms with Crippen LogP contribution in [-0.4, -0.2) is 24.3 Å². The van der Waals surface area contributed by atoms with Crippen LogP contribution in [0, 0.1) is 0 Å². The molecule has 3 heteroatoms. The highest BCUT2D eigenvalue weighted by Gasteiger charge is 2.22. The predicted octanol–water partition coefficient (Wildman–Crippen LogP) is 1.14. The molecule has 0 radical (unpaired) electrons. The Hall–Kier alpha value is 0.400. The van der Waals surface area contributed by atoms with E-state index in [1.165, 1.54) is 0 Å². The van der Waals surface area contributed by atoms with Crippen molar-refractivity contribution in [2.45, 2.75) is 18.0 Å². The number of ether oxygens (including phenoxy) is 2. The zero-order valence-electron chi connectivity index (χ0n) is 4.76. The van der Waals surface area contributed by atoms with E-state index in [0.29, 0.717) is 6.10 Å². The van der Waals surface area contributed by atoms with Gasteiger partial charge in [0.1, 0.15) is 11.1 Å². The molecule has 0 aromatic heterocycles. The molecule has 1 saturated heterocycles. The first-order valence-corrected chi connectivity index (χ1v) is 3.58. The molecule has 8 heavy (non-hydrogen) atoms. The molecular weight excluding hydrogens is 172 g/mol. The third kappa shape index (κ3) is 2.64. The molecule has 2 atom stereocenters. The molecule has 1 rings (SSSR count). The van der Waals surface area contributed by atoms with Crippen LogP contribution in [0.1, 0.15) is 6.92 Å². The molecule has 0 aliphatic carbocycles. The fourth-order valence-electron chi connectivity index (χ4n) is 0.404.